The number of rotatable bonds is 6. The van der Waals surface area contributed by atoms with Crippen molar-refractivity contribution in [3.05, 3.63) is 0 Å². The number of aliphatic carboxylic acids is 1. The lowest BCUT2D eigenvalue weighted by Crippen LogP contribution is -2.56. The van der Waals surface area contributed by atoms with Crippen LogP contribution in [0.2, 0.25) is 0 Å². The number of sulfone groups is 1. The van der Waals surface area contributed by atoms with Gasteiger partial charge in [-0.25, -0.2) is 8.42 Å². The normalized spacial score (nSPS) is 26.6. The third-order valence-electron chi connectivity index (χ3n) is 3.87. The lowest BCUT2D eigenvalue weighted by atomic mass is 9.74. The van der Waals surface area contributed by atoms with Gasteiger partial charge in [0.15, 0.2) is 9.84 Å². The maximum atomic E-state index is 12.0. The second-order valence-corrected chi connectivity index (χ2v) is 8.66. The number of nitrogens with one attached hydrogen (secondary N) is 1. The van der Waals surface area contributed by atoms with Gasteiger partial charge >= 0.3 is 5.97 Å². The zero-order valence-electron chi connectivity index (χ0n) is 12.9. The van der Waals surface area contributed by atoms with Crippen LogP contribution in [0.25, 0.3) is 0 Å². The molecule has 1 aliphatic rings. The van der Waals surface area contributed by atoms with Crippen LogP contribution in [0.4, 0.5) is 0 Å². The Bertz CT molecular complexity index is 499. The molecule has 0 aliphatic heterocycles. The highest BCUT2D eigenvalue weighted by Crippen LogP contribution is 2.33. The third-order valence-corrected chi connectivity index (χ3v) is 5.75. The van der Waals surface area contributed by atoms with Crippen molar-refractivity contribution in [1.82, 2.24) is 5.32 Å². The number of amides is 1. The van der Waals surface area contributed by atoms with E-state index >= 15 is 0 Å². The van der Waals surface area contributed by atoms with E-state index in [1.54, 1.807) is 20.8 Å². The Morgan fingerprint density at radius 3 is 2.48 bits per heavy atom. The number of hydrogen-bond acceptors (Lipinski definition) is 4. The van der Waals surface area contributed by atoms with Gasteiger partial charge in [-0.3, -0.25) is 9.59 Å². The van der Waals surface area contributed by atoms with Gasteiger partial charge in [-0.15, -0.1) is 0 Å². The predicted octanol–water partition coefficient (Wildman–Crippen LogP) is 1.21. The first-order valence-corrected chi connectivity index (χ1v) is 9.12. The molecule has 6 nitrogen and oxygen atoms in total. The molecule has 2 unspecified atom stereocenters. The van der Waals surface area contributed by atoms with Crippen molar-refractivity contribution in [2.75, 3.05) is 11.5 Å². The van der Waals surface area contributed by atoms with Crippen LogP contribution in [0.3, 0.4) is 0 Å². The highest BCUT2D eigenvalue weighted by atomic mass is 32.2. The monoisotopic (exact) mass is 319 g/mol. The summed E-state index contributed by atoms with van der Waals surface area (Å²) in [5, 5.41) is 11.9. The standard InChI is InChI=1S/C14H25NO5S/c1-10(2)8-21(19,20)9-12(16)15-14(3)7-5-4-6-11(14)13(17)18/h10-11H,4-9H2,1-3H3,(H,15,16)(H,17,18). The molecule has 0 spiro atoms. The van der Waals surface area contributed by atoms with E-state index in [0.29, 0.717) is 12.8 Å². The summed E-state index contributed by atoms with van der Waals surface area (Å²) < 4.78 is 23.7. The van der Waals surface area contributed by atoms with Gasteiger partial charge in [0.05, 0.1) is 17.2 Å². The summed E-state index contributed by atoms with van der Waals surface area (Å²) in [6.45, 7) is 5.24. The van der Waals surface area contributed by atoms with Crippen LogP contribution < -0.4 is 5.32 Å². The molecule has 7 heteroatoms. The summed E-state index contributed by atoms with van der Waals surface area (Å²) >= 11 is 0. The van der Waals surface area contributed by atoms with Crippen molar-refractivity contribution in [3.8, 4) is 0 Å². The van der Waals surface area contributed by atoms with Crippen LogP contribution in [-0.4, -0.2) is 42.4 Å². The number of carboxylic acid groups (broad SMARTS) is 1. The van der Waals surface area contributed by atoms with Gasteiger partial charge in [-0.2, -0.15) is 0 Å². The van der Waals surface area contributed by atoms with E-state index in [1.807, 2.05) is 0 Å². The quantitative estimate of drug-likeness (QED) is 0.766. The number of carboxylic acids is 1. The number of hydrogen-bond donors (Lipinski definition) is 2. The average Bonchev–Trinajstić information content (AvgIpc) is 2.24. The molecule has 1 fully saturated rings. The fourth-order valence-corrected chi connectivity index (χ4v) is 4.61. The Labute approximate surface area is 126 Å². The van der Waals surface area contributed by atoms with E-state index in [1.165, 1.54) is 0 Å². The molecule has 2 N–H and O–H groups in total. The van der Waals surface area contributed by atoms with Gasteiger partial charge < -0.3 is 10.4 Å². The van der Waals surface area contributed by atoms with Crippen molar-refractivity contribution in [2.45, 2.75) is 52.0 Å². The van der Waals surface area contributed by atoms with Crippen LogP contribution in [0, 0.1) is 11.8 Å². The van der Waals surface area contributed by atoms with E-state index in [-0.39, 0.29) is 11.7 Å². The molecule has 1 aliphatic carbocycles. The molecule has 0 saturated heterocycles. The minimum absolute atomic E-state index is 0.0418. The predicted molar refractivity (Wildman–Crippen MR) is 79.6 cm³/mol. The first-order chi connectivity index (χ1) is 9.56. The zero-order chi connectivity index (χ0) is 16.3. The molecule has 21 heavy (non-hydrogen) atoms. The summed E-state index contributed by atoms with van der Waals surface area (Å²) in [4.78, 5) is 23.3. The SMILES string of the molecule is CC(C)CS(=O)(=O)CC(=O)NC1(C)CCCCC1C(=O)O. The summed E-state index contributed by atoms with van der Waals surface area (Å²) in [7, 11) is -3.45. The molecule has 0 aromatic heterocycles. The number of carbonyl (C=O) groups excluding carboxylic acids is 1. The Morgan fingerprint density at radius 1 is 1.33 bits per heavy atom. The first-order valence-electron chi connectivity index (χ1n) is 7.30. The summed E-state index contributed by atoms with van der Waals surface area (Å²) in [6, 6.07) is 0. The average molecular weight is 319 g/mol. The topological polar surface area (TPSA) is 101 Å². The van der Waals surface area contributed by atoms with Gasteiger partial charge in [0.1, 0.15) is 5.75 Å². The Balaban J connectivity index is 2.74. The Kier molecular flexibility index (Phi) is 5.78. The van der Waals surface area contributed by atoms with E-state index in [0.717, 1.165) is 12.8 Å². The molecule has 1 rings (SSSR count). The second kappa shape index (κ2) is 6.77. The summed E-state index contributed by atoms with van der Waals surface area (Å²) in [6.07, 6.45) is 2.71. The van der Waals surface area contributed by atoms with Crippen LogP contribution in [0.15, 0.2) is 0 Å². The Morgan fingerprint density at radius 2 is 1.95 bits per heavy atom. The largest absolute Gasteiger partial charge is 0.481 e. The zero-order valence-corrected chi connectivity index (χ0v) is 13.7. The molecular formula is C14H25NO5S. The van der Waals surface area contributed by atoms with Crippen LogP contribution in [0.1, 0.15) is 46.5 Å². The summed E-state index contributed by atoms with van der Waals surface area (Å²) in [5.41, 5.74) is -0.867. The maximum absolute atomic E-state index is 12.0. The molecule has 0 radical (unpaired) electrons. The van der Waals surface area contributed by atoms with Crippen LogP contribution >= 0.6 is 0 Å². The Hall–Kier alpha value is -1.11. The smallest absolute Gasteiger partial charge is 0.308 e. The van der Waals surface area contributed by atoms with Gasteiger partial charge in [-0.05, 0) is 25.7 Å². The molecule has 0 aromatic rings. The van der Waals surface area contributed by atoms with Crippen molar-refractivity contribution in [3.63, 3.8) is 0 Å². The minimum atomic E-state index is -3.45. The highest BCUT2D eigenvalue weighted by Gasteiger charge is 2.42. The van der Waals surface area contributed by atoms with Crippen molar-refractivity contribution in [2.24, 2.45) is 11.8 Å². The van der Waals surface area contributed by atoms with E-state index in [2.05, 4.69) is 5.32 Å². The molecule has 0 heterocycles. The van der Waals surface area contributed by atoms with Gasteiger partial charge in [-0.1, -0.05) is 26.7 Å². The molecule has 0 aromatic carbocycles. The molecule has 1 amide bonds. The fraction of sp³-hybridized carbons (Fsp3) is 0.857. The molecule has 1 saturated carbocycles. The van der Waals surface area contributed by atoms with Crippen LogP contribution in [-0.2, 0) is 19.4 Å². The first kappa shape index (κ1) is 17.9. The fourth-order valence-electron chi connectivity index (χ4n) is 3.00. The summed E-state index contributed by atoms with van der Waals surface area (Å²) in [5.74, 6) is -2.87. The van der Waals surface area contributed by atoms with Gasteiger partial charge in [0.25, 0.3) is 0 Å². The van der Waals surface area contributed by atoms with E-state index < -0.39 is 38.9 Å². The molecule has 122 valence electrons. The van der Waals surface area contributed by atoms with Gasteiger partial charge in [0.2, 0.25) is 5.91 Å². The second-order valence-electron chi connectivity index (χ2n) is 6.55. The number of carbonyl (C=O) groups is 2. The van der Waals surface area contributed by atoms with Gasteiger partial charge in [0, 0.05) is 0 Å². The van der Waals surface area contributed by atoms with Crippen molar-refractivity contribution in [1.29, 1.82) is 0 Å². The molecular weight excluding hydrogens is 294 g/mol. The third kappa shape index (κ3) is 5.30. The lowest BCUT2D eigenvalue weighted by molar-refractivity contribution is -0.146. The highest BCUT2D eigenvalue weighted by molar-refractivity contribution is 7.92. The lowest BCUT2D eigenvalue weighted by Gasteiger charge is -2.39. The van der Waals surface area contributed by atoms with Crippen LogP contribution in [0.5, 0.6) is 0 Å². The molecule has 0 bridgehead atoms. The molecule has 2 atom stereocenters. The van der Waals surface area contributed by atoms with Crippen molar-refractivity contribution < 1.29 is 23.1 Å². The maximum Gasteiger partial charge on any atom is 0.308 e. The minimum Gasteiger partial charge on any atom is -0.481 e. The van der Waals surface area contributed by atoms with E-state index in [4.69, 9.17) is 0 Å². The van der Waals surface area contributed by atoms with E-state index in [9.17, 15) is 23.1 Å². The van der Waals surface area contributed by atoms with Crippen molar-refractivity contribution >= 4 is 21.7 Å².